The second kappa shape index (κ2) is 11.3. The van der Waals surface area contributed by atoms with E-state index >= 15 is 0 Å². The van der Waals surface area contributed by atoms with Gasteiger partial charge >= 0.3 is 6.03 Å². The van der Waals surface area contributed by atoms with E-state index in [1.807, 2.05) is 24.5 Å². The van der Waals surface area contributed by atoms with Gasteiger partial charge in [-0.15, -0.1) is 11.8 Å². The second-order valence-corrected chi connectivity index (χ2v) is 8.19. The summed E-state index contributed by atoms with van der Waals surface area (Å²) in [5.74, 6) is 2.30. The maximum atomic E-state index is 12.9. The number of ether oxygens (including phenoxy) is 3. The second-order valence-electron chi connectivity index (χ2n) is 7.34. The largest absolute Gasteiger partial charge is 0.493 e. The topological polar surface area (TPSA) is 102 Å². The lowest BCUT2D eigenvalue weighted by molar-refractivity contribution is -0.109. The van der Waals surface area contributed by atoms with Crippen LogP contribution in [0.1, 0.15) is 0 Å². The van der Waals surface area contributed by atoms with E-state index in [0.29, 0.717) is 46.3 Å². The maximum absolute atomic E-state index is 12.9. The van der Waals surface area contributed by atoms with Gasteiger partial charge in [-0.25, -0.2) is 9.80 Å². The number of aromatic nitrogens is 1. The number of rotatable bonds is 9. The van der Waals surface area contributed by atoms with Gasteiger partial charge < -0.3 is 19.5 Å². The van der Waals surface area contributed by atoms with Crippen LogP contribution in [0.15, 0.2) is 77.8 Å². The van der Waals surface area contributed by atoms with E-state index in [0.717, 1.165) is 15.3 Å². The third kappa shape index (κ3) is 5.28. The summed E-state index contributed by atoms with van der Waals surface area (Å²) in [4.78, 5) is 29.3. The van der Waals surface area contributed by atoms with E-state index in [2.05, 4.69) is 15.7 Å². The SMILES string of the molecule is COc1cc2nccc(Oc3ccc(NC(=O)N(NC=O)c4ccccc4SC)cc3)c2cc1OC. The Balaban J connectivity index is 1.53. The molecule has 9 nitrogen and oxygen atoms in total. The van der Waals surface area contributed by atoms with Crippen molar-refractivity contribution in [2.75, 3.05) is 30.8 Å². The number of anilines is 2. The summed E-state index contributed by atoms with van der Waals surface area (Å²) in [6.07, 6.45) is 4.00. The molecule has 2 N–H and O–H groups in total. The monoisotopic (exact) mass is 504 g/mol. The number of pyridine rings is 1. The van der Waals surface area contributed by atoms with E-state index in [9.17, 15) is 9.59 Å². The molecule has 0 unspecified atom stereocenters. The van der Waals surface area contributed by atoms with Crippen LogP contribution in [0.25, 0.3) is 10.9 Å². The van der Waals surface area contributed by atoms with Crippen molar-refractivity contribution in [2.45, 2.75) is 4.90 Å². The lowest BCUT2D eigenvalue weighted by atomic mass is 10.2. The Morgan fingerprint density at radius 2 is 1.69 bits per heavy atom. The molecule has 0 saturated carbocycles. The summed E-state index contributed by atoms with van der Waals surface area (Å²) in [6.45, 7) is 0. The Kier molecular flexibility index (Phi) is 7.76. The van der Waals surface area contributed by atoms with Crippen molar-refractivity contribution in [3.8, 4) is 23.0 Å². The third-order valence-electron chi connectivity index (χ3n) is 5.25. The first-order chi connectivity index (χ1) is 17.6. The van der Waals surface area contributed by atoms with E-state index in [1.54, 1.807) is 68.9 Å². The van der Waals surface area contributed by atoms with Gasteiger partial charge in [0.05, 0.1) is 25.4 Å². The molecule has 3 amide bonds. The van der Waals surface area contributed by atoms with Gasteiger partial charge in [0.15, 0.2) is 11.5 Å². The van der Waals surface area contributed by atoms with Gasteiger partial charge in [-0.1, -0.05) is 12.1 Å². The number of nitrogens with zero attached hydrogens (tertiary/aromatic N) is 2. The highest BCUT2D eigenvalue weighted by atomic mass is 32.2. The van der Waals surface area contributed by atoms with Gasteiger partial charge in [-0.05, 0) is 54.8 Å². The number of fused-ring (bicyclic) bond motifs is 1. The highest BCUT2D eigenvalue weighted by Crippen LogP contribution is 2.37. The van der Waals surface area contributed by atoms with Crippen LogP contribution in [-0.2, 0) is 4.79 Å². The molecule has 0 spiro atoms. The number of methoxy groups -OCH3 is 2. The number of para-hydroxylation sites is 1. The summed E-state index contributed by atoms with van der Waals surface area (Å²) in [7, 11) is 3.14. The molecule has 0 aliphatic carbocycles. The predicted molar refractivity (Wildman–Crippen MR) is 140 cm³/mol. The molecule has 0 aliphatic rings. The molecule has 0 aliphatic heterocycles. The summed E-state index contributed by atoms with van der Waals surface area (Å²) in [5.41, 5.74) is 4.23. The first-order valence-corrected chi connectivity index (χ1v) is 12.0. The summed E-state index contributed by atoms with van der Waals surface area (Å²) in [6, 6.07) is 19.0. The Labute approximate surface area is 212 Å². The fourth-order valence-corrected chi connectivity index (χ4v) is 4.14. The number of amides is 3. The minimum Gasteiger partial charge on any atom is -0.493 e. The number of urea groups is 1. The molecular formula is C26H24N4O5S. The van der Waals surface area contributed by atoms with Crippen molar-refractivity contribution in [2.24, 2.45) is 0 Å². The molecule has 0 saturated heterocycles. The first kappa shape index (κ1) is 24.7. The molecule has 10 heteroatoms. The Hall–Kier alpha value is -4.44. The van der Waals surface area contributed by atoms with Crippen molar-refractivity contribution >= 4 is 46.5 Å². The maximum Gasteiger partial charge on any atom is 0.345 e. The number of benzene rings is 3. The van der Waals surface area contributed by atoms with Crippen LogP contribution in [0.2, 0.25) is 0 Å². The molecule has 4 rings (SSSR count). The normalized spacial score (nSPS) is 10.4. The van der Waals surface area contributed by atoms with Crippen LogP contribution in [0.5, 0.6) is 23.0 Å². The van der Waals surface area contributed by atoms with Crippen molar-refractivity contribution in [1.82, 2.24) is 10.4 Å². The van der Waals surface area contributed by atoms with Crippen LogP contribution >= 0.6 is 11.8 Å². The standard InChI is InChI=1S/C26H24N4O5S/c1-33-23-14-19-20(15-24(23)34-2)27-13-12-22(19)35-18-10-8-17(9-11-18)29-26(32)30(28-16-31)21-6-4-5-7-25(21)36-3/h4-16H,1-3H3,(H,28,31)(H,29,32). The van der Waals surface area contributed by atoms with Crippen molar-refractivity contribution in [3.05, 3.63) is 72.9 Å². The smallest absolute Gasteiger partial charge is 0.345 e. The van der Waals surface area contributed by atoms with E-state index in [1.165, 1.54) is 11.8 Å². The van der Waals surface area contributed by atoms with Gasteiger partial charge in [0.25, 0.3) is 0 Å². The Morgan fingerprint density at radius 3 is 2.39 bits per heavy atom. The number of hydrazine groups is 1. The van der Waals surface area contributed by atoms with Crippen LogP contribution < -0.4 is 30.0 Å². The molecule has 1 aromatic heterocycles. The molecule has 4 aromatic rings. The summed E-state index contributed by atoms with van der Waals surface area (Å²) >= 11 is 1.47. The quantitative estimate of drug-likeness (QED) is 0.177. The average molecular weight is 505 g/mol. The number of nitrogens with one attached hydrogen (secondary N) is 2. The minimum absolute atomic E-state index is 0.456. The molecule has 0 atom stereocenters. The van der Waals surface area contributed by atoms with Gasteiger partial charge in [0, 0.05) is 28.2 Å². The fraction of sp³-hybridized carbons (Fsp3) is 0.115. The molecule has 184 valence electrons. The fourth-order valence-electron chi connectivity index (χ4n) is 3.55. The molecule has 36 heavy (non-hydrogen) atoms. The Bertz CT molecular complexity index is 1380. The molecule has 0 radical (unpaired) electrons. The number of carbonyl (C=O) groups is 2. The number of thioether (sulfide) groups is 1. The number of carbonyl (C=O) groups excluding carboxylic acids is 2. The highest BCUT2D eigenvalue weighted by Gasteiger charge is 2.18. The zero-order chi connectivity index (χ0) is 25.5. The zero-order valence-electron chi connectivity index (χ0n) is 19.8. The van der Waals surface area contributed by atoms with Crippen molar-refractivity contribution < 1.29 is 23.8 Å². The van der Waals surface area contributed by atoms with Gasteiger partial charge in [-0.3, -0.25) is 15.2 Å². The van der Waals surface area contributed by atoms with Crippen LogP contribution in [0.3, 0.4) is 0 Å². The van der Waals surface area contributed by atoms with Gasteiger partial charge in [0.1, 0.15) is 11.5 Å². The number of hydrogen-bond acceptors (Lipinski definition) is 7. The van der Waals surface area contributed by atoms with E-state index in [4.69, 9.17) is 14.2 Å². The van der Waals surface area contributed by atoms with E-state index in [-0.39, 0.29) is 0 Å². The zero-order valence-corrected chi connectivity index (χ0v) is 20.7. The molecule has 1 heterocycles. The molecule has 0 bridgehead atoms. The molecule has 0 fully saturated rings. The van der Waals surface area contributed by atoms with Crippen LogP contribution in [-0.4, -0.2) is 37.9 Å². The Morgan fingerprint density at radius 1 is 0.972 bits per heavy atom. The average Bonchev–Trinajstić information content (AvgIpc) is 2.92. The van der Waals surface area contributed by atoms with E-state index < -0.39 is 6.03 Å². The molecule has 3 aromatic carbocycles. The van der Waals surface area contributed by atoms with Crippen molar-refractivity contribution in [3.63, 3.8) is 0 Å². The van der Waals surface area contributed by atoms with Gasteiger partial charge in [0.2, 0.25) is 6.41 Å². The first-order valence-electron chi connectivity index (χ1n) is 10.8. The highest BCUT2D eigenvalue weighted by molar-refractivity contribution is 7.98. The minimum atomic E-state index is -0.515. The summed E-state index contributed by atoms with van der Waals surface area (Å²) in [5, 5.41) is 4.71. The predicted octanol–water partition coefficient (Wildman–Crippen LogP) is 5.47. The lowest BCUT2D eigenvalue weighted by Gasteiger charge is -2.23. The summed E-state index contributed by atoms with van der Waals surface area (Å²) < 4.78 is 16.8. The third-order valence-corrected chi connectivity index (χ3v) is 6.04. The number of hydrogen-bond donors (Lipinski definition) is 2. The van der Waals surface area contributed by atoms with Crippen LogP contribution in [0, 0.1) is 0 Å². The lowest BCUT2D eigenvalue weighted by Crippen LogP contribution is -2.45. The van der Waals surface area contributed by atoms with Crippen molar-refractivity contribution in [1.29, 1.82) is 0 Å². The molecular weight excluding hydrogens is 480 g/mol. The van der Waals surface area contributed by atoms with Gasteiger partial charge in [-0.2, -0.15) is 0 Å². The van der Waals surface area contributed by atoms with Crippen LogP contribution in [0.4, 0.5) is 16.2 Å².